The van der Waals surface area contributed by atoms with Gasteiger partial charge in [0.25, 0.3) is 5.91 Å². The molecule has 172 valence electrons. The number of carbonyl (C=O) groups excluding carboxylic acids is 2. The quantitative estimate of drug-likeness (QED) is 0.720. The molecule has 1 fully saturated rings. The number of fused-ring (bicyclic) bond motifs is 1. The van der Waals surface area contributed by atoms with Crippen molar-refractivity contribution in [3.63, 3.8) is 0 Å². The van der Waals surface area contributed by atoms with Gasteiger partial charge in [0, 0.05) is 31.6 Å². The Morgan fingerprint density at radius 1 is 1.12 bits per heavy atom. The van der Waals surface area contributed by atoms with E-state index in [-0.39, 0.29) is 36.1 Å². The van der Waals surface area contributed by atoms with Gasteiger partial charge in [-0.3, -0.25) is 9.59 Å². The third-order valence-corrected chi connectivity index (χ3v) is 6.26. The van der Waals surface area contributed by atoms with Gasteiger partial charge in [0.05, 0.1) is 12.4 Å². The van der Waals surface area contributed by atoms with E-state index in [1.165, 1.54) is 24.3 Å². The van der Waals surface area contributed by atoms with Crippen LogP contribution in [0.3, 0.4) is 0 Å². The van der Waals surface area contributed by atoms with E-state index in [2.05, 4.69) is 22.4 Å². The number of rotatable bonds is 6. The first-order chi connectivity index (χ1) is 16.0. The van der Waals surface area contributed by atoms with Gasteiger partial charge in [-0.15, -0.1) is 0 Å². The third kappa shape index (κ3) is 5.66. The Balaban J connectivity index is 1.30. The topological polar surface area (TPSA) is 71.0 Å². The van der Waals surface area contributed by atoms with Crippen LogP contribution in [0.4, 0.5) is 4.39 Å². The minimum atomic E-state index is -0.350. The highest BCUT2D eigenvalue weighted by molar-refractivity contribution is 5.84. The van der Waals surface area contributed by atoms with Crippen LogP contribution in [0.15, 0.2) is 59.7 Å². The van der Waals surface area contributed by atoms with Crippen LogP contribution in [0, 0.1) is 11.7 Å². The van der Waals surface area contributed by atoms with Gasteiger partial charge in [0.15, 0.2) is 6.61 Å². The van der Waals surface area contributed by atoms with Gasteiger partial charge in [-0.05, 0) is 60.7 Å². The number of likely N-dealkylation sites (tertiary alicyclic amines) is 1. The van der Waals surface area contributed by atoms with Crippen LogP contribution in [0.2, 0.25) is 0 Å². The number of allylic oxidation sites excluding steroid dienone is 1. The van der Waals surface area contributed by atoms with Gasteiger partial charge in [0.1, 0.15) is 17.3 Å². The van der Waals surface area contributed by atoms with E-state index in [0.717, 1.165) is 16.7 Å². The Labute approximate surface area is 193 Å². The summed E-state index contributed by atoms with van der Waals surface area (Å²) in [6.07, 6.45) is 5.13. The average Bonchev–Trinajstić information content (AvgIpc) is 2.84. The smallest absolute Gasteiger partial charge is 0.260 e. The standard InChI is InChI=1S/C26H28FN3O3/c1-18-15-28-17-29-24(23-5-3-2-4-22(18)23)14-25(31)19-10-12-30(13-11-19)26(32)16-33-21-8-6-20(27)7-9-21/h2-9,15,17,19,24H,10-14,16H2,1H3,(H,28,29)/b18-15+. The van der Waals surface area contributed by atoms with Crippen molar-refractivity contribution in [2.45, 2.75) is 32.2 Å². The molecule has 2 heterocycles. The van der Waals surface area contributed by atoms with Gasteiger partial charge in [-0.1, -0.05) is 24.3 Å². The van der Waals surface area contributed by atoms with Crippen molar-refractivity contribution in [3.05, 3.63) is 71.7 Å². The molecule has 6 nitrogen and oxygen atoms in total. The molecule has 2 aromatic rings. The number of aliphatic imine (C=N–C) groups is 1. The summed E-state index contributed by atoms with van der Waals surface area (Å²) in [5.74, 6) is 0.111. The second kappa shape index (κ2) is 10.4. The molecule has 0 radical (unpaired) electrons. The largest absolute Gasteiger partial charge is 0.484 e. The van der Waals surface area contributed by atoms with Crippen LogP contribution in [0.1, 0.15) is 43.4 Å². The molecule has 2 aliphatic rings. The van der Waals surface area contributed by atoms with E-state index in [1.807, 2.05) is 25.3 Å². The summed E-state index contributed by atoms with van der Waals surface area (Å²) in [5, 5.41) is 3.27. The summed E-state index contributed by atoms with van der Waals surface area (Å²) in [6, 6.07) is 13.5. The van der Waals surface area contributed by atoms with Gasteiger partial charge >= 0.3 is 0 Å². The number of nitrogens with zero attached hydrogens (tertiary/aromatic N) is 2. The third-order valence-electron chi connectivity index (χ3n) is 6.26. The second-order valence-corrected chi connectivity index (χ2v) is 8.46. The number of Topliss-reactive ketones (excluding diaryl/α,β-unsaturated/α-hetero) is 1. The Morgan fingerprint density at radius 2 is 1.85 bits per heavy atom. The molecule has 33 heavy (non-hydrogen) atoms. The van der Waals surface area contributed by atoms with Crippen molar-refractivity contribution >= 4 is 23.6 Å². The van der Waals surface area contributed by atoms with Gasteiger partial charge in [0.2, 0.25) is 0 Å². The van der Waals surface area contributed by atoms with Crippen molar-refractivity contribution in [3.8, 4) is 5.75 Å². The number of amides is 1. The summed E-state index contributed by atoms with van der Waals surface area (Å²) in [7, 11) is 0. The van der Waals surface area contributed by atoms with Crippen molar-refractivity contribution in [2.75, 3.05) is 19.7 Å². The summed E-state index contributed by atoms with van der Waals surface area (Å²) in [6.45, 7) is 2.98. The monoisotopic (exact) mass is 449 g/mol. The predicted molar refractivity (Wildman–Crippen MR) is 125 cm³/mol. The fraction of sp³-hybridized carbons (Fsp3) is 0.346. The van der Waals surface area contributed by atoms with E-state index in [4.69, 9.17) is 4.74 Å². The van der Waals surface area contributed by atoms with Gasteiger partial charge in [-0.25, -0.2) is 9.38 Å². The van der Waals surface area contributed by atoms with Crippen LogP contribution in [0.25, 0.3) is 5.57 Å². The first-order valence-corrected chi connectivity index (χ1v) is 11.2. The molecular weight excluding hydrogens is 421 g/mol. The number of piperidine rings is 1. The number of hydrogen-bond donors (Lipinski definition) is 1. The molecule has 2 aromatic carbocycles. The second-order valence-electron chi connectivity index (χ2n) is 8.46. The zero-order valence-corrected chi connectivity index (χ0v) is 18.7. The summed E-state index contributed by atoms with van der Waals surface area (Å²) >= 11 is 0. The van der Waals surface area contributed by atoms with Crippen molar-refractivity contribution in [2.24, 2.45) is 10.9 Å². The van der Waals surface area contributed by atoms with Crippen LogP contribution in [0.5, 0.6) is 5.75 Å². The number of hydrogen-bond acceptors (Lipinski definition) is 5. The number of halogens is 1. The number of carbonyl (C=O) groups is 2. The molecule has 1 amide bonds. The molecule has 0 bridgehead atoms. The zero-order chi connectivity index (χ0) is 23.2. The Bertz CT molecular complexity index is 1060. The lowest BCUT2D eigenvalue weighted by atomic mass is 9.86. The van der Waals surface area contributed by atoms with E-state index in [1.54, 1.807) is 11.2 Å². The molecule has 0 aliphatic carbocycles. The fourth-order valence-electron chi connectivity index (χ4n) is 4.36. The average molecular weight is 450 g/mol. The van der Waals surface area contributed by atoms with Gasteiger partial charge < -0.3 is 15.0 Å². The molecule has 1 saturated heterocycles. The van der Waals surface area contributed by atoms with Crippen molar-refractivity contribution in [1.82, 2.24) is 10.2 Å². The normalized spacial score (nSPS) is 21.0. The highest BCUT2D eigenvalue weighted by Gasteiger charge is 2.29. The van der Waals surface area contributed by atoms with Crippen LogP contribution in [-0.2, 0) is 9.59 Å². The van der Waals surface area contributed by atoms with E-state index in [0.29, 0.717) is 38.1 Å². The van der Waals surface area contributed by atoms with E-state index < -0.39 is 0 Å². The van der Waals surface area contributed by atoms with E-state index in [9.17, 15) is 14.0 Å². The molecule has 1 atom stereocenters. The van der Waals surface area contributed by atoms with E-state index >= 15 is 0 Å². The highest BCUT2D eigenvalue weighted by Crippen LogP contribution is 2.30. The first-order valence-electron chi connectivity index (χ1n) is 11.2. The minimum absolute atomic E-state index is 0.0694. The Morgan fingerprint density at radius 3 is 2.61 bits per heavy atom. The lowest BCUT2D eigenvalue weighted by molar-refractivity contribution is -0.136. The molecule has 0 spiro atoms. The maximum atomic E-state index is 13.1. The molecule has 7 heteroatoms. The van der Waals surface area contributed by atoms with Crippen LogP contribution >= 0.6 is 0 Å². The SMILES string of the molecule is C/C1=C\N=C/NC(CC(=O)C2CCN(C(=O)COc3ccc(F)cc3)CC2)c2ccccc21. The molecule has 1 N–H and O–H groups in total. The maximum absolute atomic E-state index is 13.1. The van der Waals surface area contributed by atoms with Crippen LogP contribution < -0.4 is 10.1 Å². The van der Waals surface area contributed by atoms with Crippen LogP contribution in [-0.4, -0.2) is 42.6 Å². The first kappa shape index (κ1) is 22.7. The van der Waals surface area contributed by atoms with Gasteiger partial charge in [-0.2, -0.15) is 0 Å². The molecular formula is C26H28FN3O3. The molecule has 4 rings (SSSR count). The summed E-state index contributed by atoms with van der Waals surface area (Å²) in [4.78, 5) is 31.6. The summed E-state index contributed by atoms with van der Waals surface area (Å²) < 4.78 is 18.4. The number of nitrogens with one attached hydrogen (secondary N) is 1. The molecule has 0 saturated carbocycles. The highest BCUT2D eigenvalue weighted by atomic mass is 19.1. The lowest BCUT2D eigenvalue weighted by Crippen LogP contribution is -2.42. The predicted octanol–water partition coefficient (Wildman–Crippen LogP) is 4.14. The van der Waals surface area contributed by atoms with Crippen molar-refractivity contribution < 1.29 is 18.7 Å². The molecule has 0 aromatic heterocycles. The minimum Gasteiger partial charge on any atom is -0.484 e. The Hall–Kier alpha value is -3.48. The Kier molecular flexibility index (Phi) is 7.17. The summed E-state index contributed by atoms with van der Waals surface area (Å²) in [5.41, 5.74) is 3.26. The fourth-order valence-corrected chi connectivity index (χ4v) is 4.36. The number of ketones is 1. The molecule has 1 unspecified atom stereocenters. The number of benzene rings is 2. The maximum Gasteiger partial charge on any atom is 0.260 e. The van der Waals surface area contributed by atoms with Crippen molar-refractivity contribution in [1.29, 1.82) is 0 Å². The number of ether oxygens (including phenoxy) is 1. The lowest BCUT2D eigenvalue weighted by Gasteiger charge is -2.32. The molecule has 2 aliphatic heterocycles. The zero-order valence-electron chi connectivity index (χ0n) is 18.7.